The second-order valence-electron chi connectivity index (χ2n) is 9.49. The van der Waals surface area contributed by atoms with Gasteiger partial charge in [0.15, 0.2) is 5.82 Å². The quantitative estimate of drug-likeness (QED) is 0.262. The minimum absolute atomic E-state index is 0.120. The molecule has 178 valence electrons. The van der Waals surface area contributed by atoms with E-state index in [0.29, 0.717) is 34.7 Å². The normalized spacial score (nSPS) is 18.6. The lowest BCUT2D eigenvalue weighted by atomic mass is 10.0. The third kappa shape index (κ3) is 3.37. The van der Waals surface area contributed by atoms with E-state index in [-0.39, 0.29) is 11.9 Å². The lowest BCUT2D eigenvalue weighted by Crippen LogP contribution is -1.95. The van der Waals surface area contributed by atoms with E-state index in [4.69, 9.17) is 10.7 Å². The fourth-order valence-electron chi connectivity index (χ4n) is 4.96. The number of rotatable bonds is 3. The smallest absolute Gasteiger partial charge is 0.159 e. The number of nitrogens with zero attached hydrogens (tertiary/aromatic N) is 2. The highest BCUT2D eigenvalue weighted by Gasteiger charge is 2.37. The summed E-state index contributed by atoms with van der Waals surface area (Å²) in [5.74, 6) is 0.332. The van der Waals surface area contributed by atoms with Gasteiger partial charge in [0.1, 0.15) is 17.6 Å². The maximum atomic E-state index is 15.2. The Balaban J connectivity index is 1.36. The van der Waals surface area contributed by atoms with Gasteiger partial charge in [-0.15, -0.1) is 11.3 Å². The lowest BCUT2D eigenvalue weighted by Gasteiger charge is -2.06. The molecule has 0 spiro atoms. The Labute approximate surface area is 210 Å². The Morgan fingerprint density at radius 3 is 2.83 bits per heavy atom. The van der Waals surface area contributed by atoms with Gasteiger partial charge in [-0.1, -0.05) is 11.6 Å². The Morgan fingerprint density at radius 2 is 2.00 bits per heavy atom. The molecule has 0 amide bonds. The van der Waals surface area contributed by atoms with E-state index < -0.39 is 0 Å². The zero-order valence-electron chi connectivity index (χ0n) is 19.7. The summed E-state index contributed by atoms with van der Waals surface area (Å²) < 4.78 is 15.2. The van der Waals surface area contributed by atoms with Crippen LogP contribution in [0.1, 0.15) is 46.1 Å². The Kier molecular flexibility index (Phi) is 4.50. The molecule has 36 heavy (non-hydrogen) atoms. The number of nitrogens with two attached hydrogens (primary N) is 1. The van der Waals surface area contributed by atoms with Crippen LogP contribution in [0.15, 0.2) is 71.6 Å². The van der Waals surface area contributed by atoms with Gasteiger partial charge in [-0.3, -0.25) is 5.10 Å². The van der Waals surface area contributed by atoms with Gasteiger partial charge in [-0.25, -0.2) is 9.37 Å². The first-order valence-electron chi connectivity index (χ1n) is 11.8. The third-order valence-electron chi connectivity index (χ3n) is 6.81. The molecule has 7 rings (SSSR count). The van der Waals surface area contributed by atoms with Crippen LogP contribution in [-0.2, 0) is 0 Å². The van der Waals surface area contributed by atoms with Crippen LogP contribution in [0.5, 0.6) is 0 Å². The topological polar surface area (TPSA) is 105 Å². The van der Waals surface area contributed by atoms with Crippen LogP contribution in [0.3, 0.4) is 0 Å². The molecule has 1 unspecified atom stereocenters. The first-order valence-corrected chi connectivity index (χ1v) is 12.6. The number of aromatic amines is 2. The summed E-state index contributed by atoms with van der Waals surface area (Å²) in [5, 5.41) is 11.7. The number of nitrogens with one attached hydrogen (secondary N) is 3. The van der Waals surface area contributed by atoms with Crippen LogP contribution in [0.2, 0.25) is 0 Å². The molecular weight excluding hydrogens is 471 g/mol. The van der Waals surface area contributed by atoms with Gasteiger partial charge in [0.25, 0.3) is 0 Å². The zero-order valence-corrected chi connectivity index (χ0v) is 20.6. The van der Waals surface area contributed by atoms with Crippen LogP contribution >= 0.6 is 11.3 Å². The molecule has 2 aliphatic carbocycles. The third-order valence-corrected chi connectivity index (χ3v) is 7.85. The van der Waals surface area contributed by atoms with Crippen LogP contribution in [-0.4, -0.2) is 20.2 Å². The van der Waals surface area contributed by atoms with Gasteiger partial charge in [0.2, 0.25) is 0 Å². The average Bonchev–Trinajstić information content (AvgIpc) is 3.14. The van der Waals surface area contributed by atoms with Crippen LogP contribution < -0.4 is 11.1 Å². The average molecular weight is 495 g/mol. The zero-order chi connectivity index (χ0) is 24.6. The SMILES string of the molecule is CC1=CC(N)=CC(c2cc3c(-c4nc5c([nH]4)C4NC4=CC=C5c4ccc(C)s4)n[nH]c3cc2F)=CC1. The summed E-state index contributed by atoms with van der Waals surface area (Å²) >= 11 is 1.75. The fraction of sp³-hybridized carbons (Fsp3) is 0.143. The molecule has 1 aliphatic heterocycles. The minimum atomic E-state index is -0.321. The Bertz CT molecular complexity index is 1740. The molecule has 8 heteroatoms. The highest BCUT2D eigenvalue weighted by atomic mass is 32.1. The highest BCUT2D eigenvalue weighted by Crippen LogP contribution is 2.43. The molecule has 1 fully saturated rings. The summed E-state index contributed by atoms with van der Waals surface area (Å²) in [6.45, 7) is 4.13. The standard InChI is InChI=1S/C28H23FN6S/c1-13-3-5-15(10-16(30)9-13)18-11-19-22(12-20(18)29)34-35-25(19)28-32-24-17(23-8-4-14(2)36-23)6-7-21-26(31-21)27(24)33-28/h4-12,26,31H,3,30H2,1-2H3,(H,32,33)(H,34,35). The van der Waals surface area contributed by atoms with Crippen molar-refractivity contribution in [1.82, 2.24) is 25.5 Å². The maximum absolute atomic E-state index is 15.2. The molecule has 3 aromatic heterocycles. The van der Waals surface area contributed by atoms with Crippen molar-refractivity contribution in [3.8, 4) is 11.5 Å². The molecule has 6 nitrogen and oxygen atoms in total. The van der Waals surface area contributed by atoms with E-state index in [1.54, 1.807) is 11.3 Å². The molecule has 1 aromatic carbocycles. The van der Waals surface area contributed by atoms with E-state index in [0.717, 1.165) is 33.5 Å². The van der Waals surface area contributed by atoms with Gasteiger partial charge in [-0.05, 0) is 68.3 Å². The van der Waals surface area contributed by atoms with Crippen LogP contribution in [0.4, 0.5) is 4.39 Å². The number of aromatic nitrogens is 4. The number of fused-ring (bicyclic) bond motifs is 4. The Hall–Kier alpha value is -4.17. The van der Waals surface area contributed by atoms with Crippen LogP contribution in [0, 0.1) is 12.7 Å². The van der Waals surface area contributed by atoms with E-state index in [1.807, 2.05) is 31.2 Å². The van der Waals surface area contributed by atoms with Crippen molar-refractivity contribution in [2.75, 3.05) is 0 Å². The number of aryl methyl sites for hydroxylation is 1. The molecule has 4 heterocycles. The summed E-state index contributed by atoms with van der Waals surface area (Å²) in [6.07, 6.45) is 10.7. The molecule has 5 N–H and O–H groups in total. The minimum Gasteiger partial charge on any atom is -0.399 e. The number of thiophene rings is 1. The van der Waals surface area contributed by atoms with E-state index in [2.05, 4.69) is 51.7 Å². The van der Waals surface area contributed by atoms with E-state index >= 15 is 4.39 Å². The maximum Gasteiger partial charge on any atom is 0.159 e. The molecule has 1 saturated heterocycles. The summed E-state index contributed by atoms with van der Waals surface area (Å²) in [7, 11) is 0. The predicted octanol–water partition coefficient (Wildman–Crippen LogP) is 6.01. The van der Waals surface area contributed by atoms with Crippen molar-refractivity contribution in [3.63, 3.8) is 0 Å². The lowest BCUT2D eigenvalue weighted by molar-refractivity contribution is 0.626. The van der Waals surface area contributed by atoms with Gasteiger partial charge < -0.3 is 16.0 Å². The van der Waals surface area contributed by atoms with Crippen molar-refractivity contribution in [1.29, 1.82) is 0 Å². The molecule has 0 radical (unpaired) electrons. The van der Waals surface area contributed by atoms with Crippen molar-refractivity contribution in [2.24, 2.45) is 5.73 Å². The Morgan fingerprint density at radius 1 is 1.11 bits per heavy atom. The first kappa shape index (κ1) is 21.1. The van der Waals surface area contributed by atoms with Crippen LogP contribution in [0.25, 0.3) is 33.6 Å². The second-order valence-corrected chi connectivity index (χ2v) is 10.8. The van der Waals surface area contributed by atoms with E-state index in [9.17, 15) is 0 Å². The molecular formula is C28H23FN6S. The number of hydrogen-bond acceptors (Lipinski definition) is 5. The number of halogens is 1. The van der Waals surface area contributed by atoms with Crippen molar-refractivity contribution >= 4 is 33.4 Å². The number of imidazole rings is 1. The predicted molar refractivity (Wildman–Crippen MR) is 142 cm³/mol. The summed E-state index contributed by atoms with van der Waals surface area (Å²) in [4.78, 5) is 11.0. The van der Waals surface area contributed by atoms with Crippen molar-refractivity contribution in [2.45, 2.75) is 26.3 Å². The number of allylic oxidation sites excluding steroid dienone is 7. The van der Waals surface area contributed by atoms with Crippen molar-refractivity contribution in [3.05, 3.63) is 104 Å². The molecule has 4 aromatic rings. The van der Waals surface area contributed by atoms with Gasteiger partial charge in [0, 0.05) is 43.7 Å². The number of H-pyrrole nitrogens is 2. The van der Waals surface area contributed by atoms with Gasteiger partial charge in [-0.2, -0.15) is 5.10 Å². The monoisotopic (exact) mass is 494 g/mol. The number of hydrogen-bond donors (Lipinski definition) is 4. The molecule has 3 aliphatic rings. The van der Waals surface area contributed by atoms with Gasteiger partial charge in [0.05, 0.1) is 16.9 Å². The second kappa shape index (κ2) is 7.66. The van der Waals surface area contributed by atoms with Gasteiger partial charge >= 0.3 is 0 Å². The summed E-state index contributed by atoms with van der Waals surface area (Å²) in [5.41, 5.74) is 14.6. The fourth-order valence-corrected chi connectivity index (χ4v) is 5.86. The largest absolute Gasteiger partial charge is 0.399 e. The van der Waals surface area contributed by atoms with E-state index in [1.165, 1.54) is 21.5 Å². The summed E-state index contributed by atoms with van der Waals surface area (Å²) in [6, 6.07) is 7.72. The highest BCUT2D eigenvalue weighted by molar-refractivity contribution is 7.13. The molecule has 0 saturated carbocycles. The molecule has 0 bridgehead atoms. The molecule has 1 atom stereocenters. The number of benzene rings is 1. The first-order chi connectivity index (χ1) is 17.4. The van der Waals surface area contributed by atoms with Crippen molar-refractivity contribution < 1.29 is 4.39 Å².